The highest BCUT2D eigenvalue weighted by Gasteiger charge is 1.88. The van der Waals surface area contributed by atoms with Crippen molar-refractivity contribution in [3.8, 4) is 0 Å². The summed E-state index contributed by atoms with van der Waals surface area (Å²) in [5.41, 5.74) is 2.20. The highest BCUT2D eigenvalue weighted by Crippen LogP contribution is 2.06. The molecule has 3 heteroatoms. The lowest BCUT2D eigenvalue weighted by Gasteiger charge is -1.90. The average molecular weight is 247 g/mol. The fourth-order valence-corrected chi connectivity index (χ4v) is 1.91. The van der Waals surface area contributed by atoms with Gasteiger partial charge >= 0.3 is 0 Å². The first-order chi connectivity index (χ1) is 9.43. The summed E-state index contributed by atoms with van der Waals surface area (Å²) in [4.78, 5) is 0. The summed E-state index contributed by atoms with van der Waals surface area (Å²) in [6.07, 6.45) is 5.77. The van der Waals surface area contributed by atoms with Crippen molar-refractivity contribution in [3.05, 3.63) is 79.3 Å². The second-order valence-electron chi connectivity index (χ2n) is 4.13. The maximum Gasteiger partial charge on any atom is 0.0929 e. The third-order valence-corrected chi connectivity index (χ3v) is 2.86. The molecule has 0 aliphatic heterocycles. The van der Waals surface area contributed by atoms with E-state index < -0.39 is 0 Å². The molecule has 0 saturated heterocycles. The molecule has 0 fully saturated rings. The van der Waals surface area contributed by atoms with Crippen LogP contribution in [-0.2, 0) is 0 Å². The maximum atomic E-state index is 3.93. The summed E-state index contributed by atoms with van der Waals surface area (Å²) in [7, 11) is 0. The molecule has 0 aliphatic rings. The summed E-state index contributed by atoms with van der Waals surface area (Å²) in [6, 6.07) is 20.1. The second-order valence-corrected chi connectivity index (χ2v) is 4.13. The zero-order chi connectivity index (χ0) is 12.9. The van der Waals surface area contributed by atoms with Crippen LogP contribution in [0, 0.1) is 0 Å². The fourth-order valence-electron chi connectivity index (χ4n) is 1.91. The normalized spacial score (nSPS) is 10.1. The van der Waals surface area contributed by atoms with Crippen molar-refractivity contribution in [1.82, 2.24) is 14.6 Å². The molecule has 0 N–H and O–H groups in total. The Morgan fingerprint density at radius 2 is 1.53 bits per heavy atom. The van der Waals surface area contributed by atoms with E-state index in [1.807, 2.05) is 60.9 Å². The van der Waals surface area contributed by atoms with Crippen LogP contribution in [0.3, 0.4) is 0 Å². The van der Waals surface area contributed by atoms with Crippen molar-refractivity contribution in [2.24, 2.45) is 0 Å². The van der Waals surface area contributed by atoms with Gasteiger partial charge in [0.1, 0.15) is 0 Å². The van der Waals surface area contributed by atoms with E-state index in [4.69, 9.17) is 0 Å². The van der Waals surface area contributed by atoms with E-state index in [2.05, 4.69) is 26.7 Å². The number of fused-ring (bicyclic) bond motifs is 2. The molecule has 0 spiro atoms. The van der Waals surface area contributed by atoms with E-state index in [9.17, 15) is 0 Å². The summed E-state index contributed by atoms with van der Waals surface area (Å²) in [5, 5.41) is 8.83. The van der Waals surface area contributed by atoms with Crippen molar-refractivity contribution in [1.29, 1.82) is 0 Å². The molecule has 0 unspecified atom stereocenters. The maximum absolute atomic E-state index is 3.93. The van der Waals surface area contributed by atoms with Crippen LogP contribution >= 0.6 is 0 Å². The third-order valence-electron chi connectivity index (χ3n) is 2.86. The van der Waals surface area contributed by atoms with Crippen molar-refractivity contribution in [2.45, 2.75) is 0 Å². The zero-order valence-electron chi connectivity index (χ0n) is 10.3. The minimum Gasteiger partial charge on any atom is -0.324 e. The van der Waals surface area contributed by atoms with Crippen molar-refractivity contribution in [3.63, 3.8) is 0 Å². The number of nitrogens with zero attached hydrogens (tertiary/aromatic N) is 3. The zero-order valence-corrected chi connectivity index (χ0v) is 10.3. The Kier molecular flexibility index (Phi) is 3.19. The van der Waals surface area contributed by atoms with Crippen LogP contribution in [0.5, 0.6) is 0 Å². The van der Waals surface area contributed by atoms with E-state index in [1.54, 1.807) is 6.20 Å². The Bertz CT molecular complexity index is 694. The average Bonchev–Trinajstić information content (AvgIpc) is 2.96. The number of hydrogen-bond acceptors (Lipinski definition) is 2. The molecule has 0 bridgehead atoms. The molecule has 3 heterocycles. The molecule has 19 heavy (non-hydrogen) atoms. The Labute approximate surface area is 111 Å². The Hall–Kier alpha value is -2.68. The van der Waals surface area contributed by atoms with E-state index in [-0.39, 0.29) is 0 Å². The molecule has 0 radical (unpaired) electrons. The van der Waals surface area contributed by atoms with E-state index in [0.29, 0.717) is 0 Å². The lowest BCUT2D eigenvalue weighted by molar-refractivity contribution is 1.08. The molecule has 3 nitrogen and oxygen atoms in total. The number of pyridine rings is 1. The Morgan fingerprint density at radius 1 is 0.737 bits per heavy atom. The van der Waals surface area contributed by atoms with Gasteiger partial charge in [-0.2, -0.15) is 10.2 Å². The van der Waals surface area contributed by atoms with Gasteiger partial charge in [0.25, 0.3) is 0 Å². The quantitative estimate of drug-likeness (QED) is 0.475. The lowest BCUT2D eigenvalue weighted by atomic mass is 10.2. The molecule has 4 rings (SSSR count). The highest BCUT2D eigenvalue weighted by molar-refractivity contribution is 5.77. The van der Waals surface area contributed by atoms with Crippen molar-refractivity contribution >= 4 is 16.4 Å². The van der Waals surface area contributed by atoms with E-state index in [1.165, 1.54) is 5.52 Å². The largest absolute Gasteiger partial charge is 0.324 e. The molecule has 4 aromatic rings. The van der Waals surface area contributed by atoms with Crippen LogP contribution in [0.2, 0.25) is 0 Å². The van der Waals surface area contributed by atoms with Gasteiger partial charge in [0.05, 0.1) is 11.7 Å². The van der Waals surface area contributed by atoms with Crippen LogP contribution in [0.15, 0.2) is 79.3 Å². The van der Waals surface area contributed by atoms with Gasteiger partial charge < -0.3 is 4.40 Å². The van der Waals surface area contributed by atoms with Crippen molar-refractivity contribution < 1.29 is 0 Å². The summed E-state index contributed by atoms with van der Waals surface area (Å²) >= 11 is 0. The monoisotopic (exact) mass is 247 g/mol. The van der Waals surface area contributed by atoms with Gasteiger partial charge in [0, 0.05) is 23.3 Å². The predicted octanol–water partition coefficient (Wildman–Crippen LogP) is 3.57. The third kappa shape index (κ3) is 2.60. The van der Waals surface area contributed by atoms with Gasteiger partial charge in [0.2, 0.25) is 0 Å². The van der Waals surface area contributed by atoms with Gasteiger partial charge in [-0.3, -0.25) is 0 Å². The first-order valence-electron chi connectivity index (χ1n) is 6.12. The van der Waals surface area contributed by atoms with Crippen LogP contribution in [0.4, 0.5) is 0 Å². The summed E-state index contributed by atoms with van der Waals surface area (Å²) in [6.45, 7) is 0. The van der Waals surface area contributed by atoms with Gasteiger partial charge in [-0.05, 0) is 36.4 Å². The van der Waals surface area contributed by atoms with Gasteiger partial charge in [-0.15, -0.1) is 0 Å². The SMILES string of the molecule is c1ccc2nnccc2c1.c1ccn2cccc2c1. The van der Waals surface area contributed by atoms with E-state index >= 15 is 0 Å². The highest BCUT2D eigenvalue weighted by atomic mass is 15.1. The van der Waals surface area contributed by atoms with Gasteiger partial charge in [-0.1, -0.05) is 24.3 Å². The number of benzene rings is 1. The Balaban J connectivity index is 0.000000117. The fraction of sp³-hybridized carbons (Fsp3) is 0. The number of rotatable bonds is 0. The molecule has 0 amide bonds. The Morgan fingerprint density at radius 3 is 2.42 bits per heavy atom. The second kappa shape index (κ2) is 5.31. The molecule has 0 aliphatic carbocycles. The van der Waals surface area contributed by atoms with Gasteiger partial charge in [0.15, 0.2) is 0 Å². The molecular formula is C16H13N3. The van der Waals surface area contributed by atoms with Crippen LogP contribution in [-0.4, -0.2) is 14.6 Å². The predicted molar refractivity (Wildman–Crippen MR) is 76.9 cm³/mol. The van der Waals surface area contributed by atoms with Crippen LogP contribution < -0.4 is 0 Å². The summed E-state index contributed by atoms with van der Waals surface area (Å²) < 4.78 is 2.08. The molecule has 0 atom stereocenters. The van der Waals surface area contributed by atoms with Crippen molar-refractivity contribution in [2.75, 3.05) is 0 Å². The topological polar surface area (TPSA) is 30.2 Å². The first kappa shape index (κ1) is 11.4. The smallest absolute Gasteiger partial charge is 0.0929 e. The number of aromatic nitrogens is 3. The first-order valence-corrected chi connectivity index (χ1v) is 6.12. The summed E-state index contributed by atoms with van der Waals surface area (Å²) in [5.74, 6) is 0. The molecular weight excluding hydrogens is 234 g/mol. The van der Waals surface area contributed by atoms with Crippen LogP contribution in [0.25, 0.3) is 16.4 Å². The molecule has 92 valence electrons. The minimum absolute atomic E-state index is 0.949. The standard InChI is InChI=1S/C8H6N2.C8H7N/c1-2-4-8-7(3-1)5-6-9-10-8;1-2-6-9-7-3-5-8(9)4-1/h1-6H;1-7H. The minimum atomic E-state index is 0.949. The lowest BCUT2D eigenvalue weighted by Crippen LogP contribution is -1.79. The molecule has 0 saturated carbocycles. The van der Waals surface area contributed by atoms with E-state index in [0.717, 1.165) is 10.9 Å². The molecule has 1 aromatic carbocycles. The van der Waals surface area contributed by atoms with Crippen LogP contribution in [0.1, 0.15) is 0 Å². The van der Waals surface area contributed by atoms with Gasteiger partial charge in [-0.25, -0.2) is 0 Å². The molecule has 3 aromatic heterocycles. The number of hydrogen-bond donors (Lipinski definition) is 0.